The van der Waals surface area contributed by atoms with E-state index in [0.29, 0.717) is 24.9 Å². The molecule has 5 nitrogen and oxygen atoms in total. The number of nitrogens with one attached hydrogen (secondary N) is 1. The predicted molar refractivity (Wildman–Crippen MR) is 74.3 cm³/mol. The van der Waals surface area contributed by atoms with Crippen LogP contribution in [0.15, 0.2) is 24.4 Å². The molecule has 1 saturated heterocycles. The number of H-pyrrole nitrogens is 1. The van der Waals surface area contributed by atoms with Gasteiger partial charge < -0.3 is 15.0 Å². The molecule has 2 aromatic rings. The van der Waals surface area contributed by atoms with E-state index in [2.05, 4.69) is 4.98 Å². The summed E-state index contributed by atoms with van der Waals surface area (Å²) in [5, 5.41) is 9.91. The van der Waals surface area contributed by atoms with Crippen LogP contribution >= 0.6 is 0 Å². The fraction of sp³-hybridized carbons (Fsp3) is 0.333. The summed E-state index contributed by atoms with van der Waals surface area (Å²) < 4.78 is 13.1. The van der Waals surface area contributed by atoms with Gasteiger partial charge in [-0.25, -0.2) is 9.18 Å². The zero-order valence-electron chi connectivity index (χ0n) is 11.3. The topological polar surface area (TPSA) is 73.4 Å². The highest BCUT2D eigenvalue weighted by Gasteiger charge is 2.33. The summed E-state index contributed by atoms with van der Waals surface area (Å²) in [6.07, 6.45) is 3.01. The Labute approximate surface area is 120 Å². The van der Waals surface area contributed by atoms with Crippen LogP contribution < -0.4 is 0 Å². The summed E-state index contributed by atoms with van der Waals surface area (Å²) in [6.45, 7) is 0.479. The van der Waals surface area contributed by atoms with Crippen molar-refractivity contribution < 1.29 is 19.1 Å². The van der Waals surface area contributed by atoms with Crippen LogP contribution in [0.2, 0.25) is 0 Å². The van der Waals surface area contributed by atoms with Gasteiger partial charge in [0.15, 0.2) is 0 Å². The van der Waals surface area contributed by atoms with Gasteiger partial charge in [0.05, 0.1) is 6.42 Å². The van der Waals surface area contributed by atoms with E-state index < -0.39 is 12.0 Å². The molecule has 0 aliphatic carbocycles. The number of likely N-dealkylation sites (tertiary alicyclic amines) is 1. The van der Waals surface area contributed by atoms with E-state index in [9.17, 15) is 14.0 Å². The molecular weight excluding hydrogens is 275 g/mol. The minimum absolute atomic E-state index is 0.120. The number of carboxylic acid groups (broad SMARTS) is 1. The molecule has 0 saturated carbocycles. The number of aliphatic carboxylic acids is 1. The Morgan fingerprint density at radius 1 is 1.43 bits per heavy atom. The number of carbonyl (C=O) groups is 2. The Bertz CT molecular complexity index is 710. The van der Waals surface area contributed by atoms with Crippen LogP contribution in [0.1, 0.15) is 18.4 Å². The summed E-state index contributed by atoms with van der Waals surface area (Å²) in [6, 6.07) is 3.63. The van der Waals surface area contributed by atoms with Gasteiger partial charge in [-0.3, -0.25) is 4.79 Å². The molecule has 0 radical (unpaired) electrons. The number of amides is 1. The number of carbonyl (C=O) groups excluding carboxylic acids is 1. The largest absolute Gasteiger partial charge is 0.480 e. The SMILES string of the molecule is O=C(O)C1CCCN1C(=O)Cc1c[nH]c2cc(F)ccc12. The molecule has 0 bridgehead atoms. The Kier molecular flexibility index (Phi) is 3.37. The van der Waals surface area contributed by atoms with Crippen molar-refractivity contribution in [1.29, 1.82) is 0 Å². The Balaban J connectivity index is 1.82. The van der Waals surface area contributed by atoms with Crippen LogP contribution in [0.25, 0.3) is 10.9 Å². The molecule has 1 aliphatic rings. The summed E-state index contributed by atoms with van der Waals surface area (Å²) in [4.78, 5) is 27.8. The van der Waals surface area contributed by atoms with Crippen molar-refractivity contribution in [3.05, 3.63) is 35.8 Å². The van der Waals surface area contributed by atoms with Crippen LogP contribution in [0.4, 0.5) is 4.39 Å². The lowest BCUT2D eigenvalue weighted by Crippen LogP contribution is -2.41. The number of hydrogen-bond acceptors (Lipinski definition) is 2. The van der Waals surface area contributed by atoms with E-state index in [0.717, 1.165) is 10.9 Å². The number of carboxylic acids is 1. The lowest BCUT2D eigenvalue weighted by molar-refractivity contribution is -0.147. The molecule has 1 amide bonds. The maximum Gasteiger partial charge on any atom is 0.326 e. The highest BCUT2D eigenvalue weighted by molar-refractivity contribution is 5.90. The molecule has 1 aliphatic heterocycles. The molecule has 2 heterocycles. The normalized spacial score (nSPS) is 18.3. The van der Waals surface area contributed by atoms with Crippen molar-refractivity contribution in [2.75, 3.05) is 6.54 Å². The number of benzene rings is 1. The molecule has 1 fully saturated rings. The molecular formula is C15H15FN2O3. The molecule has 21 heavy (non-hydrogen) atoms. The number of hydrogen-bond donors (Lipinski definition) is 2. The average Bonchev–Trinajstić information content (AvgIpc) is 3.05. The number of aromatic nitrogens is 1. The minimum atomic E-state index is -0.957. The molecule has 1 atom stereocenters. The first kappa shape index (κ1) is 13.6. The standard InChI is InChI=1S/C15H15FN2O3/c16-10-3-4-11-9(8-17-12(11)7-10)6-14(19)18-5-1-2-13(18)15(20)21/h3-4,7-8,13,17H,1-2,5-6H2,(H,20,21). The van der Waals surface area contributed by atoms with Gasteiger partial charge in [-0.2, -0.15) is 0 Å². The minimum Gasteiger partial charge on any atom is -0.480 e. The lowest BCUT2D eigenvalue weighted by atomic mass is 10.1. The third-order valence-electron chi connectivity index (χ3n) is 3.93. The van der Waals surface area contributed by atoms with Gasteiger partial charge in [0.2, 0.25) is 5.91 Å². The van der Waals surface area contributed by atoms with Crippen molar-refractivity contribution in [2.24, 2.45) is 0 Å². The number of fused-ring (bicyclic) bond motifs is 1. The van der Waals surface area contributed by atoms with E-state index in [1.807, 2.05) is 0 Å². The van der Waals surface area contributed by atoms with E-state index >= 15 is 0 Å². The van der Waals surface area contributed by atoms with Crippen LogP contribution in [0.5, 0.6) is 0 Å². The van der Waals surface area contributed by atoms with Crippen molar-refractivity contribution in [3.63, 3.8) is 0 Å². The van der Waals surface area contributed by atoms with Crippen molar-refractivity contribution >= 4 is 22.8 Å². The number of rotatable bonds is 3. The quantitative estimate of drug-likeness (QED) is 0.907. The van der Waals surface area contributed by atoms with Gasteiger partial charge in [0.25, 0.3) is 0 Å². The van der Waals surface area contributed by atoms with Crippen molar-refractivity contribution in [1.82, 2.24) is 9.88 Å². The zero-order chi connectivity index (χ0) is 15.0. The first-order valence-electron chi connectivity index (χ1n) is 6.84. The van der Waals surface area contributed by atoms with Gasteiger partial charge in [-0.1, -0.05) is 0 Å². The van der Waals surface area contributed by atoms with E-state index in [4.69, 9.17) is 5.11 Å². The summed E-state index contributed by atoms with van der Waals surface area (Å²) >= 11 is 0. The van der Waals surface area contributed by atoms with Gasteiger partial charge in [-0.05, 0) is 36.6 Å². The fourth-order valence-corrected chi connectivity index (χ4v) is 2.89. The lowest BCUT2D eigenvalue weighted by Gasteiger charge is -2.21. The van der Waals surface area contributed by atoms with Gasteiger partial charge in [0, 0.05) is 23.6 Å². The molecule has 1 aromatic carbocycles. The monoisotopic (exact) mass is 290 g/mol. The van der Waals surface area contributed by atoms with E-state index in [1.165, 1.54) is 17.0 Å². The maximum atomic E-state index is 13.1. The van der Waals surface area contributed by atoms with Crippen LogP contribution in [-0.4, -0.2) is 39.5 Å². The van der Waals surface area contributed by atoms with Crippen molar-refractivity contribution in [2.45, 2.75) is 25.3 Å². The Morgan fingerprint density at radius 3 is 3.00 bits per heavy atom. The summed E-state index contributed by atoms with van der Waals surface area (Å²) in [5.74, 6) is -1.50. The van der Waals surface area contributed by atoms with E-state index in [-0.39, 0.29) is 18.1 Å². The summed E-state index contributed by atoms with van der Waals surface area (Å²) in [5.41, 5.74) is 1.39. The third kappa shape index (κ3) is 2.49. The van der Waals surface area contributed by atoms with Gasteiger partial charge >= 0.3 is 5.97 Å². The second-order valence-electron chi connectivity index (χ2n) is 5.26. The van der Waals surface area contributed by atoms with Crippen LogP contribution in [0, 0.1) is 5.82 Å². The zero-order valence-corrected chi connectivity index (χ0v) is 11.3. The molecule has 6 heteroatoms. The van der Waals surface area contributed by atoms with Crippen LogP contribution in [0.3, 0.4) is 0 Å². The average molecular weight is 290 g/mol. The molecule has 2 N–H and O–H groups in total. The number of halogens is 1. The Morgan fingerprint density at radius 2 is 2.24 bits per heavy atom. The molecule has 1 unspecified atom stereocenters. The summed E-state index contributed by atoms with van der Waals surface area (Å²) in [7, 11) is 0. The smallest absolute Gasteiger partial charge is 0.326 e. The number of nitrogens with zero attached hydrogens (tertiary/aromatic N) is 1. The van der Waals surface area contributed by atoms with Crippen molar-refractivity contribution in [3.8, 4) is 0 Å². The highest BCUT2D eigenvalue weighted by Crippen LogP contribution is 2.23. The van der Waals surface area contributed by atoms with E-state index in [1.54, 1.807) is 12.3 Å². The molecule has 0 spiro atoms. The Hall–Kier alpha value is -2.37. The third-order valence-corrected chi connectivity index (χ3v) is 3.93. The first-order valence-corrected chi connectivity index (χ1v) is 6.84. The maximum absolute atomic E-state index is 13.1. The highest BCUT2D eigenvalue weighted by atomic mass is 19.1. The number of aromatic amines is 1. The fourth-order valence-electron chi connectivity index (χ4n) is 2.89. The molecule has 3 rings (SSSR count). The second-order valence-corrected chi connectivity index (χ2v) is 5.26. The molecule has 1 aromatic heterocycles. The van der Waals surface area contributed by atoms with Gasteiger partial charge in [-0.15, -0.1) is 0 Å². The van der Waals surface area contributed by atoms with Gasteiger partial charge in [0.1, 0.15) is 11.9 Å². The second kappa shape index (κ2) is 5.20. The van der Waals surface area contributed by atoms with Crippen LogP contribution in [-0.2, 0) is 16.0 Å². The first-order chi connectivity index (χ1) is 10.1. The molecule has 110 valence electrons. The predicted octanol–water partition coefficient (Wildman–Crippen LogP) is 1.93.